The summed E-state index contributed by atoms with van der Waals surface area (Å²) in [6.07, 6.45) is 0. The standard InChI is InChI=1S/C20H25N3O3S/c1-2-26-18-5-3-17(4-6-18)20(25)21-13-19(24)23-10-8-22(9-11-23)14-16-7-12-27-15-16/h3-7,12,15H,2,8-11,13-14H2,1H3,(H,21,25). The van der Waals surface area contributed by atoms with Crippen LogP contribution in [0, 0.1) is 0 Å². The van der Waals surface area contributed by atoms with Crippen LogP contribution in [-0.4, -0.2) is 60.9 Å². The fourth-order valence-electron chi connectivity index (χ4n) is 3.04. The van der Waals surface area contributed by atoms with Gasteiger partial charge in [0, 0.05) is 38.3 Å². The normalized spacial score (nSPS) is 14.8. The summed E-state index contributed by atoms with van der Waals surface area (Å²) in [6.45, 7) is 6.55. The molecule has 1 N–H and O–H groups in total. The Balaban J connectivity index is 1.41. The quantitative estimate of drug-likeness (QED) is 0.791. The van der Waals surface area contributed by atoms with Gasteiger partial charge in [-0.05, 0) is 53.6 Å². The van der Waals surface area contributed by atoms with E-state index in [-0.39, 0.29) is 18.4 Å². The third kappa shape index (κ3) is 5.55. The molecular weight excluding hydrogens is 362 g/mol. The Bertz CT molecular complexity index is 738. The maximum absolute atomic E-state index is 12.4. The molecule has 1 aromatic carbocycles. The minimum Gasteiger partial charge on any atom is -0.494 e. The topological polar surface area (TPSA) is 61.9 Å². The van der Waals surface area contributed by atoms with Crippen LogP contribution in [0.3, 0.4) is 0 Å². The highest BCUT2D eigenvalue weighted by Crippen LogP contribution is 2.13. The zero-order chi connectivity index (χ0) is 19.1. The maximum atomic E-state index is 12.4. The molecule has 3 rings (SSSR count). The van der Waals surface area contributed by atoms with E-state index in [1.54, 1.807) is 35.6 Å². The van der Waals surface area contributed by atoms with Gasteiger partial charge in [-0.15, -0.1) is 0 Å². The average Bonchev–Trinajstić information content (AvgIpc) is 3.20. The van der Waals surface area contributed by atoms with Crippen LogP contribution in [0.25, 0.3) is 0 Å². The molecule has 27 heavy (non-hydrogen) atoms. The van der Waals surface area contributed by atoms with Crippen LogP contribution < -0.4 is 10.1 Å². The number of nitrogens with zero attached hydrogens (tertiary/aromatic N) is 2. The number of hydrogen-bond acceptors (Lipinski definition) is 5. The summed E-state index contributed by atoms with van der Waals surface area (Å²) < 4.78 is 5.36. The molecule has 6 nitrogen and oxygen atoms in total. The summed E-state index contributed by atoms with van der Waals surface area (Å²) in [6, 6.07) is 9.06. The van der Waals surface area contributed by atoms with E-state index in [2.05, 4.69) is 27.0 Å². The Kier molecular flexibility index (Phi) is 6.84. The molecule has 2 aromatic rings. The summed E-state index contributed by atoms with van der Waals surface area (Å²) in [5.74, 6) is 0.442. The lowest BCUT2D eigenvalue weighted by atomic mass is 10.2. The Hall–Kier alpha value is -2.38. The second-order valence-electron chi connectivity index (χ2n) is 6.43. The molecule has 0 radical (unpaired) electrons. The van der Waals surface area contributed by atoms with Gasteiger partial charge in [-0.25, -0.2) is 0 Å². The van der Waals surface area contributed by atoms with Gasteiger partial charge in [-0.1, -0.05) is 0 Å². The number of nitrogens with one attached hydrogen (secondary N) is 1. The highest BCUT2D eigenvalue weighted by molar-refractivity contribution is 7.07. The van der Waals surface area contributed by atoms with E-state index in [0.717, 1.165) is 25.4 Å². The molecule has 1 aliphatic rings. The van der Waals surface area contributed by atoms with Crippen LogP contribution in [0.15, 0.2) is 41.1 Å². The van der Waals surface area contributed by atoms with Gasteiger partial charge in [0.1, 0.15) is 5.75 Å². The molecule has 7 heteroatoms. The van der Waals surface area contributed by atoms with Crippen molar-refractivity contribution in [1.29, 1.82) is 0 Å². The van der Waals surface area contributed by atoms with Crippen LogP contribution >= 0.6 is 11.3 Å². The summed E-state index contributed by atoms with van der Waals surface area (Å²) in [7, 11) is 0. The lowest BCUT2D eigenvalue weighted by Gasteiger charge is -2.34. The maximum Gasteiger partial charge on any atom is 0.251 e. The fraction of sp³-hybridized carbons (Fsp3) is 0.400. The number of amides is 2. The molecule has 1 aromatic heterocycles. The van der Waals surface area contributed by atoms with Gasteiger partial charge in [0.05, 0.1) is 13.2 Å². The summed E-state index contributed by atoms with van der Waals surface area (Å²) in [5, 5.41) is 6.96. The fourth-order valence-corrected chi connectivity index (χ4v) is 3.69. The number of rotatable bonds is 7. The first-order valence-electron chi connectivity index (χ1n) is 9.18. The van der Waals surface area contributed by atoms with Gasteiger partial charge in [0.25, 0.3) is 5.91 Å². The van der Waals surface area contributed by atoms with Crippen LogP contribution in [0.1, 0.15) is 22.8 Å². The van der Waals surface area contributed by atoms with E-state index < -0.39 is 0 Å². The van der Waals surface area contributed by atoms with Crippen molar-refractivity contribution in [2.24, 2.45) is 0 Å². The Labute approximate surface area is 163 Å². The van der Waals surface area contributed by atoms with Crippen molar-refractivity contribution in [3.8, 4) is 5.75 Å². The molecule has 1 aliphatic heterocycles. The van der Waals surface area contributed by atoms with Crippen LogP contribution in [0.2, 0.25) is 0 Å². The first kappa shape index (κ1) is 19.4. The minimum absolute atomic E-state index is 0.0244. The second kappa shape index (κ2) is 9.53. The number of thiophene rings is 1. The SMILES string of the molecule is CCOc1ccc(C(=O)NCC(=O)N2CCN(Cc3ccsc3)CC2)cc1. The van der Waals surface area contributed by atoms with E-state index in [4.69, 9.17) is 4.74 Å². The molecule has 144 valence electrons. The van der Waals surface area contributed by atoms with Gasteiger partial charge >= 0.3 is 0 Å². The summed E-state index contributed by atoms with van der Waals surface area (Å²) >= 11 is 1.71. The number of carbonyl (C=O) groups excluding carboxylic acids is 2. The smallest absolute Gasteiger partial charge is 0.251 e. The number of carbonyl (C=O) groups is 2. The number of benzene rings is 1. The predicted octanol–water partition coefficient (Wildman–Crippen LogP) is 2.22. The minimum atomic E-state index is -0.248. The second-order valence-corrected chi connectivity index (χ2v) is 7.21. The molecule has 0 saturated carbocycles. The molecule has 2 heterocycles. The van der Waals surface area contributed by atoms with Gasteiger partial charge in [-0.3, -0.25) is 14.5 Å². The number of ether oxygens (including phenoxy) is 1. The van der Waals surface area contributed by atoms with Crippen molar-refractivity contribution in [3.05, 3.63) is 52.2 Å². The lowest BCUT2D eigenvalue weighted by molar-refractivity contribution is -0.131. The van der Waals surface area contributed by atoms with Crippen LogP contribution in [0.4, 0.5) is 0 Å². The van der Waals surface area contributed by atoms with Crippen molar-refractivity contribution in [2.75, 3.05) is 39.3 Å². The van der Waals surface area contributed by atoms with E-state index >= 15 is 0 Å². The van der Waals surface area contributed by atoms with E-state index in [1.165, 1.54) is 5.56 Å². The van der Waals surface area contributed by atoms with E-state index in [0.29, 0.717) is 25.3 Å². The zero-order valence-corrected chi connectivity index (χ0v) is 16.3. The van der Waals surface area contributed by atoms with Crippen molar-refractivity contribution in [1.82, 2.24) is 15.1 Å². The van der Waals surface area contributed by atoms with Gasteiger partial charge in [-0.2, -0.15) is 11.3 Å². The molecule has 0 aliphatic carbocycles. The van der Waals surface area contributed by atoms with E-state index in [9.17, 15) is 9.59 Å². The Morgan fingerprint density at radius 1 is 1.11 bits per heavy atom. The van der Waals surface area contributed by atoms with Gasteiger partial charge < -0.3 is 15.0 Å². The predicted molar refractivity (Wildman–Crippen MR) is 106 cm³/mol. The third-order valence-electron chi connectivity index (χ3n) is 4.54. The molecule has 1 saturated heterocycles. The van der Waals surface area contributed by atoms with Crippen LogP contribution in [0.5, 0.6) is 5.75 Å². The largest absolute Gasteiger partial charge is 0.494 e. The Morgan fingerprint density at radius 2 is 1.85 bits per heavy atom. The average molecular weight is 388 g/mol. The van der Waals surface area contributed by atoms with Gasteiger partial charge in [0.2, 0.25) is 5.91 Å². The molecule has 2 amide bonds. The van der Waals surface area contributed by atoms with Crippen molar-refractivity contribution in [2.45, 2.75) is 13.5 Å². The molecule has 0 atom stereocenters. The Morgan fingerprint density at radius 3 is 2.48 bits per heavy atom. The van der Waals surface area contributed by atoms with Crippen molar-refractivity contribution in [3.63, 3.8) is 0 Å². The number of piperazine rings is 1. The van der Waals surface area contributed by atoms with Gasteiger partial charge in [0.15, 0.2) is 0 Å². The molecule has 0 spiro atoms. The third-order valence-corrected chi connectivity index (χ3v) is 5.27. The zero-order valence-electron chi connectivity index (χ0n) is 15.5. The highest BCUT2D eigenvalue weighted by Gasteiger charge is 2.21. The highest BCUT2D eigenvalue weighted by atomic mass is 32.1. The van der Waals surface area contributed by atoms with Crippen molar-refractivity contribution < 1.29 is 14.3 Å². The lowest BCUT2D eigenvalue weighted by Crippen LogP contribution is -2.50. The first-order chi connectivity index (χ1) is 13.2. The van der Waals surface area contributed by atoms with E-state index in [1.807, 2.05) is 11.8 Å². The molecule has 0 bridgehead atoms. The summed E-state index contributed by atoms with van der Waals surface area (Å²) in [5.41, 5.74) is 1.84. The molecule has 1 fully saturated rings. The first-order valence-corrected chi connectivity index (χ1v) is 10.1. The molecular formula is C20H25N3O3S. The van der Waals surface area contributed by atoms with Crippen LogP contribution in [-0.2, 0) is 11.3 Å². The van der Waals surface area contributed by atoms with Crippen molar-refractivity contribution >= 4 is 23.2 Å². The summed E-state index contributed by atoms with van der Waals surface area (Å²) in [4.78, 5) is 28.7. The molecule has 0 unspecified atom stereocenters. The monoisotopic (exact) mass is 387 g/mol. The number of hydrogen-bond donors (Lipinski definition) is 1.